The van der Waals surface area contributed by atoms with Crippen LogP contribution < -0.4 is 10.1 Å². The lowest BCUT2D eigenvalue weighted by Gasteiger charge is -2.08. The van der Waals surface area contributed by atoms with E-state index in [-0.39, 0.29) is 11.8 Å². The van der Waals surface area contributed by atoms with E-state index in [1.807, 2.05) is 18.4 Å². The van der Waals surface area contributed by atoms with E-state index in [4.69, 9.17) is 16.3 Å². The van der Waals surface area contributed by atoms with Crippen molar-refractivity contribution in [2.24, 2.45) is 5.92 Å². The Morgan fingerprint density at radius 1 is 1.50 bits per heavy atom. The topological polar surface area (TPSA) is 51.2 Å². The molecule has 22 heavy (non-hydrogen) atoms. The average molecular weight is 339 g/mol. The number of rotatable bonds is 6. The van der Waals surface area contributed by atoms with E-state index in [0.717, 1.165) is 24.1 Å². The van der Waals surface area contributed by atoms with E-state index in [1.54, 1.807) is 19.2 Å². The number of methoxy groups -OCH3 is 1. The summed E-state index contributed by atoms with van der Waals surface area (Å²) >= 11 is 7.53. The summed E-state index contributed by atoms with van der Waals surface area (Å²) < 4.78 is 5.14. The third-order valence-corrected chi connectivity index (χ3v) is 4.40. The van der Waals surface area contributed by atoms with Gasteiger partial charge in [-0.2, -0.15) is 0 Å². The molecule has 0 saturated carbocycles. The fraction of sp³-hybridized carbons (Fsp3) is 0.375. The summed E-state index contributed by atoms with van der Waals surface area (Å²) in [6.45, 7) is 4.00. The monoisotopic (exact) mass is 338 g/mol. The lowest BCUT2D eigenvalue weighted by Crippen LogP contribution is -2.20. The smallest absolute Gasteiger partial charge is 0.228 e. The Morgan fingerprint density at radius 3 is 2.91 bits per heavy atom. The van der Waals surface area contributed by atoms with Crippen LogP contribution in [0, 0.1) is 5.92 Å². The average Bonchev–Trinajstić information content (AvgIpc) is 2.95. The van der Waals surface area contributed by atoms with Crippen molar-refractivity contribution in [2.75, 3.05) is 12.4 Å². The van der Waals surface area contributed by atoms with Crippen molar-refractivity contribution in [3.05, 3.63) is 28.6 Å². The molecule has 4 nitrogen and oxygen atoms in total. The van der Waals surface area contributed by atoms with E-state index in [2.05, 4.69) is 17.2 Å². The van der Waals surface area contributed by atoms with E-state index < -0.39 is 0 Å². The van der Waals surface area contributed by atoms with E-state index in [9.17, 15) is 4.79 Å². The fourth-order valence-corrected chi connectivity index (χ4v) is 3.06. The molecule has 0 fully saturated rings. The van der Waals surface area contributed by atoms with Crippen LogP contribution in [0.4, 0.5) is 5.13 Å². The highest BCUT2D eigenvalue weighted by Crippen LogP contribution is 2.31. The standard InChI is InChI=1S/C16H19ClN2O2S/c1-4-5-10(2)15(20)19-16-18-13(9-22-16)11-6-7-14(21-3)12(17)8-11/h6-10H,4-5H2,1-3H3,(H,18,19,20). The van der Waals surface area contributed by atoms with Crippen molar-refractivity contribution in [3.63, 3.8) is 0 Å². The Bertz CT molecular complexity index is 657. The van der Waals surface area contributed by atoms with Crippen LogP contribution in [-0.4, -0.2) is 18.0 Å². The van der Waals surface area contributed by atoms with Crippen LogP contribution in [0.2, 0.25) is 5.02 Å². The number of benzene rings is 1. The molecule has 0 aliphatic carbocycles. The lowest BCUT2D eigenvalue weighted by atomic mass is 10.1. The molecule has 0 aliphatic heterocycles. The molecular weight excluding hydrogens is 320 g/mol. The molecule has 1 amide bonds. The van der Waals surface area contributed by atoms with Crippen molar-refractivity contribution in [1.29, 1.82) is 0 Å². The van der Waals surface area contributed by atoms with Crippen molar-refractivity contribution >= 4 is 34.0 Å². The number of hydrogen-bond acceptors (Lipinski definition) is 4. The van der Waals surface area contributed by atoms with Gasteiger partial charge in [0.25, 0.3) is 0 Å². The van der Waals surface area contributed by atoms with Crippen molar-refractivity contribution < 1.29 is 9.53 Å². The molecule has 1 aromatic carbocycles. The van der Waals surface area contributed by atoms with Gasteiger partial charge < -0.3 is 10.1 Å². The van der Waals surface area contributed by atoms with Crippen LogP contribution in [0.25, 0.3) is 11.3 Å². The number of nitrogens with one attached hydrogen (secondary N) is 1. The molecule has 1 aromatic heterocycles. The first-order valence-electron chi connectivity index (χ1n) is 7.15. The highest BCUT2D eigenvalue weighted by molar-refractivity contribution is 7.14. The molecular formula is C16H19ClN2O2S. The zero-order chi connectivity index (χ0) is 16.1. The van der Waals surface area contributed by atoms with Gasteiger partial charge >= 0.3 is 0 Å². The molecule has 1 atom stereocenters. The molecule has 2 rings (SSSR count). The second-order valence-corrected chi connectivity index (χ2v) is 6.33. The van der Waals surface area contributed by atoms with Crippen LogP contribution in [0.15, 0.2) is 23.6 Å². The number of aromatic nitrogens is 1. The summed E-state index contributed by atoms with van der Waals surface area (Å²) in [5.41, 5.74) is 1.68. The molecule has 0 spiro atoms. The van der Waals surface area contributed by atoms with Crippen LogP contribution in [0.5, 0.6) is 5.75 Å². The first-order valence-corrected chi connectivity index (χ1v) is 8.41. The molecule has 1 heterocycles. The largest absolute Gasteiger partial charge is 0.495 e. The maximum atomic E-state index is 12.0. The SMILES string of the molecule is CCCC(C)C(=O)Nc1nc(-c2ccc(OC)c(Cl)c2)cs1. The number of hydrogen-bond donors (Lipinski definition) is 1. The lowest BCUT2D eigenvalue weighted by molar-refractivity contribution is -0.119. The summed E-state index contributed by atoms with van der Waals surface area (Å²) in [5.74, 6) is 0.630. The molecule has 6 heteroatoms. The molecule has 118 valence electrons. The van der Waals surface area contributed by atoms with Gasteiger partial charge in [-0.25, -0.2) is 4.98 Å². The minimum Gasteiger partial charge on any atom is -0.495 e. The minimum absolute atomic E-state index is 0.00668. The van der Waals surface area contributed by atoms with Crippen molar-refractivity contribution in [1.82, 2.24) is 4.98 Å². The zero-order valence-electron chi connectivity index (χ0n) is 12.9. The molecule has 0 bridgehead atoms. The Morgan fingerprint density at radius 2 is 2.27 bits per heavy atom. The number of anilines is 1. The molecule has 0 saturated heterocycles. The van der Waals surface area contributed by atoms with E-state index in [0.29, 0.717) is 15.9 Å². The van der Waals surface area contributed by atoms with Gasteiger partial charge in [0, 0.05) is 16.9 Å². The highest BCUT2D eigenvalue weighted by Gasteiger charge is 2.14. The fourth-order valence-electron chi connectivity index (χ4n) is 2.08. The molecule has 0 radical (unpaired) electrons. The van der Waals surface area contributed by atoms with Crippen LogP contribution >= 0.6 is 22.9 Å². The first kappa shape index (κ1) is 16.8. The van der Waals surface area contributed by atoms with Gasteiger partial charge in [-0.3, -0.25) is 4.79 Å². The normalized spacial score (nSPS) is 12.0. The van der Waals surface area contributed by atoms with Gasteiger partial charge in [-0.05, 0) is 24.6 Å². The van der Waals surface area contributed by atoms with Gasteiger partial charge in [0.15, 0.2) is 5.13 Å². The summed E-state index contributed by atoms with van der Waals surface area (Å²) in [6, 6.07) is 5.50. The molecule has 0 aliphatic rings. The van der Waals surface area contributed by atoms with Crippen molar-refractivity contribution in [2.45, 2.75) is 26.7 Å². The number of carbonyl (C=O) groups is 1. The molecule has 2 aromatic rings. The quantitative estimate of drug-likeness (QED) is 0.819. The van der Waals surface area contributed by atoms with Crippen LogP contribution in [-0.2, 0) is 4.79 Å². The number of nitrogens with zero attached hydrogens (tertiary/aromatic N) is 1. The van der Waals surface area contributed by atoms with Gasteiger partial charge in [0.2, 0.25) is 5.91 Å². The van der Waals surface area contributed by atoms with E-state index >= 15 is 0 Å². The molecule has 1 N–H and O–H groups in total. The summed E-state index contributed by atoms with van der Waals surface area (Å²) in [6.07, 6.45) is 1.86. The highest BCUT2D eigenvalue weighted by atomic mass is 35.5. The zero-order valence-corrected chi connectivity index (χ0v) is 14.4. The predicted molar refractivity (Wildman–Crippen MR) is 91.8 cm³/mol. The second kappa shape index (κ2) is 7.61. The third-order valence-electron chi connectivity index (χ3n) is 3.35. The van der Waals surface area contributed by atoms with Crippen LogP contribution in [0.3, 0.4) is 0 Å². The maximum Gasteiger partial charge on any atom is 0.228 e. The Balaban J connectivity index is 2.11. The number of carbonyl (C=O) groups excluding carboxylic acids is 1. The van der Waals surface area contributed by atoms with Gasteiger partial charge in [0.05, 0.1) is 17.8 Å². The third kappa shape index (κ3) is 3.99. The number of amides is 1. The Labute approximate surface area is 139 Å². The number of halogens is 1. The summed E-state index contributed by atoms with van der Waals surface area (Å²) in [7, 11) is 1.58. The Kier molecular flexibility index (Phi) is 5.80. The molecule has 1 unspecified atom stereocenters. The van der Waals surface area contributed by atoms with Gasteiger partial charge in [-0.1, -0.05) is 31.9 Å². The second-order valence-electron chi connectivity index (χ2n) is 5.07. The maximum absolute atomic E-state index is 12.0. The predicted octanol–water partition coefficient (Wildman–Crippen LogP) is 4.85. The summed E-state index contributed by atoms with van der Waals surface area (Å²) in [5, 5.41) is 5.91. The van der Waals surface area contributed by atoms with Crippen LogP contribution in [0.1, 0.15) is 26.7 Å². The Hall–Kier alpha value is -1.59. The minimum atomic E-state index is -0.00668. The number of ether oxygens (including phenoxy) is 1. The van der Waals surface area contributed by atoms with Gasteiger partial charge in [0.1, 0.15) is 5.75 Å². The van der Waals surface area contributed by atoms with E-state index in [1.165, 1.54) is 11.3 Å². The van der Waals surface area contributed by atoms with Crippen molar-refractivity contribution in [3.8, 4) is 17.0 Å². The number of thiazole rings is 1. The first-order chi connectivity index (χ1) is 10.5. The summed E-state index contributed by atoms with van der Waals surface area (Å²) in [4.78, 5) is 16.5. The van der Waals surface area contributed by atoms with Gasteiger partial charge in [-0.15, -0.1) is 11.3 Å².